The molecule has 2 saturated heterocycles. The zero-order valence-electron chi connectivity index (χ0n) is 23.3. The number of hydrogen-bond donors (Lipinski definition) is 1. The second-order valence-electron chi connectivity index (χ2n) is 10.9. The third-order valence-corrected chi connectivity index (χ3v) is 11.0. The lowest BCUT2D eigenvalue weighted by Crippen LogP contribution is -2.30. The van der Waals surface area contributed by atoms with Crippen LogP contribution in [-0.4, -0.2) is 69.1 Å². The van der Waals surface area contributed by atoms with E-state index < -0.39 is 0 Å². The predicted molar refractivity (Wildman–Crippen MR) is 170 cm³/mol. The van der Waals surface area contributed by atoms with Crippen molar-refractivity contribution >= 4 is 62.2 Å². The summed E-state index contributed by atoms with van der Waals surface area (Å²) >= 11 is 7.04. The summed E-state index contributed by atoms with van der Waals surface area (Å²) in [6.07, 6.45) is 4.44. The van der Waals surface area contributed by atoms with Crippen LogP contribution in [0.2, 0.25) is 0 Å². The fourth-order valence-corrected chi connectivity index (χ4v) is 8.73. The van der Waals surface area contributed by atoms with Crippen molar-refractivity contribution in [1.82, 2.24) is 14.4 Å². The minimum Gasteiger partial charge on any atom is -0.506 e. The van der Waals surface area contributed by atoms with Crippen LogP contribution < -0.4 is 0 Å². The Kier molecular flexibility index (Phi) is 8.91. The van der Waals surface area contributed by atoms with E-state index in [4.69, 9.17) is 4.74 Å². The number of aromatic nitrogens is 1. The lowest BCUT2D eigenvalue weighted by Gasteiger charge is -2.24. The first-order chi connectivity index (χ1) is 20.0. The van der Waals surface area contributed by atoms with E-state index in [0.717, 1.165) is 72.2 Å². The van der Waals surface area contributed by atoms with Gasteiger partial charge in [0.25, 0.3) is 0 Å². The molecule has 3 aliphatic rings. The molecule has 1 saturated carbocycles. The van der Waals surface area contributed by atoms with Gasteiger partial charge in [-0.1, -0.05) is 30.3 Å². The van der Waals surface area contributed by atoms with Gasteiger partial charge in [-0.05, 0) is 73.3 Å². The summed E-state index contributed by atoms with van der Waals surface area (Å²) in [4.78, 5) is 30.7. The van der Waals surface area contributed by atoms with Crippen LogP contribution in [0.15, 0.2) is 40.9 Å². The Hall–Kier alpha value is -2.14. The average Bonchev–Trinajstić information content (AvgIpc) is 3.39. The lowest BCUT2D eigenvalue weighted by atomic mass is 10.0. The molecule has 41 heavy (non-hydrogen) atoms. The maximum atomic E-state index is 13.6. The average molecular weight is 659 g/mol. The van der Waals surface area contributed by atoms with Crippen LogP contribution in [0.4, 0.5) is 0 Å². The number of rotatable bonds is 11. The van der Waals surface area contributed by atoms with Crippen molar-refractivity contribution in [2.45, 2.75) is 56.3 Å². The number of fused-ring (bicyclic) bond motifs is 1. The first-order valence-electron chi connectivity index (χ1n) is 14.5. The van der Waals surface area contributed by atoms with E-state index in [2.05, 4.69) is 37.5 Å². The van der Waals surface area contributed by atoms with Crippen LogP contribution in [0.3, 0.4) is 0 Å². The van der Waals surface area contributed by atoms with Crippen molar-refractivity contribution in [3.05, 3.63) is 63.3 Å². The number of nitrogens with zero attached hydrogens (tertiary/aromatic N) is 3. The first kappa shape index (κ1) is 29.0. The van der Waals surface area contributed by atoms with Gasteiger partial charge in [-0.25, -0.2) is 4.79 Å². The Labute approximate surface area is 258 Å². The molecule has 1 atom stereocenters. The Morgan fingerprint density at radius 1 is 1.20 bits per heavy atom. The molecule has 3 heterocycles. The van der Waals surface area contributed by atoms with Crippen LogP contribution in [0.25, 0.3) is 10.9 Å². The van der Waals surface area contributed by atoms with Gasteiger partial charge in [-0.15, -0.1) is 11.8 Å². The van der Waals surface area contributed by atoms with Crippen LogP contribution >= 0.6 is 39.5 Å². The highest BCUT2D eigenvalue weighted by atomic mass is 79.9. The highest BCUT2D eigenvalue weighted by molar-refractivity contribution is 9.10. The van der Waals surface area contributed by atoms with Gasteiger partial charge >= 0.3 is 5.97 Å². The third-order valence-electron chi connectivity index (χ3n) is 8.16. The Morgan fingerprint density at radius 3 is 2.66 bits per heavy atom. The Morgan fingerprint density at radius 2 is 1.95 bits per heavy atom. The van der Waals surface area contributed by atoms with Gasteiger partial charge in [-0.2, -0.15) is 11.8 Å². The van der Waals surface area contributed by atoms with Crippen molar-refractivity contribution in [2.24, 2.45) is 0 Å². The van der Waals surface area contributed by atoms with E-state index in [-0.39, 0.29) is 23.0 Å². The zero-order valence-corrected chi connectivity index (χ0v) is 26.5. The quantitative estimate of drug-likeness (QED) is 0.181. The van der Waals surface area contributed by atoms with Crippen molar-refractivity contribution in [3.63, 3.8) is 0 Å². The molecule has 1 N–H and O–H groups in total. The van der Waals surface area contributed by atoms with Gasteiger partial charge in [0.15, 0.2) is 0 Å². The largest absolute Gasteiger partial charge is 0.506 e. The topological polar surface area (TPSA) is 75.0 Å². The molecule has 2 aromatic carbocycles. The van der Waals surface area contributed by atoms with E-state index in [1.165, 1.54) is 0 Å². The van der Waals surface area contributed by atoms with Crippen molar-refractivity contribution < 1.29 is 19.4 Å². The van der Waals surface area contributed by atoms with E-state index in [1.807, 2.05) is 36.1 Å². The van der Waals surface area contributed by atoms with E-state index in [1.54, 1.807) is 23.5 Å². The molecule has 1 amide bonds. The summed E-state index contributed by atoms with van der Waals surface area (Å²) in [5.41, 5.74) is 4.50. The number of carbonyl (C=O) groups is 2. The van der Waals surface area contributed by atoms with Gasteiger partial charge in [0.2, 0.25) is 5.91 Å². The molecule has 3 aromatic rings. The molecule has 2 aliphatic heterocycles. The van der Waals surface area contributed by atoms with Gasteiger partial charge in [0, 0.05) is 47.3 Å². The molecule has 1 aliphatic carbocycles. The summed E-state index contributed by atoms with van der Waals surface area (Å²) in [7, 11) is 0. The molecular formula is C31H36BrN3O4S2. The van der Waals surface area contributed by atoms with Crippen molar-refractivity contribution in [3.8, 4) is 5.75 Å². The summed E-state index contributed by atoms with van der Waals surface area (Å²) in [5, 5.41) is 12.1. The third kappa shape index (κ3) is 5.90. The molecule has 0 spiro atoms. The summed E-state index contributed by atoms with van der Waals surface area (Å²) < 4.78 is 8.61. The van der Waals surface area contributed by atoms with Crippen LogP contribution in [0.1, 0.15) is 71.2 Å². The molecule has 10 heteroatoms. The number of halogens is 1. The number of ether oxygens (including phenoxy) is 1. The van der Waals surface area contributed by atoms with Gasteiger partial charge < -0.3 is 19.3 Å². The number of aromatic hydroxyl groups is 1. The minimum absolute atomic E-state index is 0.0470. The number of amides is 1. The molecule has 1 unspecified atom stereocenters. The monoisotopic (exact) mass is 657 g/mol. The fraction of sp³-hybridized carbons (Fsp3) is 0.484. The molecule has 1 aromatic heterocycles. The molecule has 0 radical (unpaired) electrons. The van der Waals surface area contributed by atoms with E-state index in [0.29, 0.717) is 47.3 Å². The summed E-state index contributed by atoms with van der Waals surface area (Å²) in [6, 6.07) is 12.5. The SMILES string of the molecule is CCOC(=O)c1c(CSCCN2C(=O)CSC2c2ccccc2)n(C2CC2)c2cc(Br)c(O)c(CN3CCCC3)c12. The molecule has 3 fully saturated rings. The smallest absolute Gasteiger partial charge is 0.340 e. The number of phenols is 1. The van der Waals surface area contributed by atoms with Crippen molar-refractivity contribution in [2.75, 3.05) is 37.7 Å². The fourth-order valence-electron chi connectivity index (χ4n) is 6.11. The normalized spacial score (nSPS) is 19.5. The first-order valence-corrected chi connectivity index (χ1v) is 17.5. The second-order valence-corrected chi connectivity index (χ2v) is 13.9. The number of phenolic OH excluding ortho intramolecular Hbond substituents is 1. The molecule has 218 valence electrons. The zero-order chi connectivity index (χ0) is 28.5. The van der Waals surface area contributed by atoms with Crippen LogP contribution in [0, 0.1) is 0 Å². The molecule has 0 bridgehead atoms. The molecular weight excluding hydrogens is 622 g/mol. The lowest BCUT2D eigenvalue weighted by molar-refractivity contribution is -0.127. The number of carbonyl (C=O) groups excluding carboxylic acids is 2. The standard InChI is InChI=1S/C31H36BrN3O4S2/c1-2-39-31(38)28-25(18-40-15-14-34-26(36)19-41-30(34)20-8-4-3-5-9-20)35(21-10-11-21)24-16-23(32)29(37)22(27(24)28)17-33-12-6-7-13-33/h3-5,8-9,16,21,30,37H,2,6-7,10-15,17-19H2,1H3. The highest BCUT2D eigenvalue weighted by Gasteiger charge is 2.36. The van der Waals surface area contributed by atoms with Gasteiger partial charge in [0.1, 0.15) is 11.1 Å². The highest BCUT2D eigenvalue weighted by Crippen LogP contribution is 2.47. The number of esters is 1. The molecule has 7 nitrogen and oxygen atoms in total. The maximum absolute atomic E-state index is 13.6. The Bertz CT molecular complexity index is 1440. The number of benzene rings is 2. The van der Waals surface area contributed by atoms with Crippen molar-refractivity contribution in [1.29, 1.82) is 0 Å². The second kappa shape index (κ2) is 12.6. The van der Waals surface area contributed by atoms with Crippen LogP contribution in [-0.2, 0) is 21.8 Å². The minimum atomic E-state index is -0.327. The molecule has 6 rings (SSSR count). The Balaban J connectivity index is 1.31. The van der Waals surface area contributed by atoms with Crippen LogP contribution in [0.5, 0.6) is 5.75 Å². The van der Waals surface area contributed by atoms with E-state index in [9.17, 15) is 14.7 Å². The number of likely N-dealkylation sites (tertiary alicyclic amines) is 1. The summed E-state index contributed by atoms with van der Waals surface area (Å²) in [5.74, 6) is 1.96. The maximum Gasteiger partial charge on any atom is 0.340 e. The predicted octanol–water partition coefficient (Wildman–Crippen LogP) is 6.72. The number of thioether (sulfide) groups is 2. The van der Waals surface area contributed by atoms with Gasteiger partial charge in [0.05, 0.1) is 27.9 Å². The van der Waals surface area contributed by atoms with E-state index >= 15 is 0 Å². The van der Waals surface area contributed by atoms with Gasteiger partial charge in [-0.3, -0.25) is 9.69 Å². The summed E-state index contributed by atoms with van der Waals surface area (Å²) in [6.45, 7) is 5.37. The number of hydrogen-bond acceptors (Lipinski definition) is 7.